The van der Waals surface area contributed by atoms with Gasteiger partial charge >= 0.3 is 6.01 Å². The first-order valence-electron chi connectivity index (χ1n) is 7.14. The number of hydrogen-bond acceptors (Lipinski definition) is 6. The first-order chi connectivity index (χ1) is 10.2. The van der Waals surface area contributed by atoms with E-state index in [-0.39, 0.29) is 0 Å². The molecule has 21 heavy (non-hydrogen) atoms. The van der Waals surface area contributed by atoms with Gasteiger partial charge in [0, 0.05) is 13.1 Å². The van der Waals surface area contributed by atoms with E-state index in [4.69, 9.17) is 4.74 Å². The minimum atomic E-state index is 0.329. The minimum Gasteiger partial charge on any atom is -0.464 e. The number of benzene rings is 1. The summed E-state index contributed by atoms with van der Waals surface area (Å²) in [6.07, 6.45) is 0. The Morgan fingerprint density at radius 3 is 2.38 bits per heavy atom. The van der Waals surface area contributed by atoms with Crippen molar-refractivity contribution in [3.63, 3.8) is 0 Å². The monoisotopic (exact) mass is 287 g/mol. The molecule has 0 aliphatic rings. The van der Waals surface area contributed by atoms with Gasteiger partial charge in [0.1, 0.15) is 0 Å². The molecule has 1 aromatic carbocycles. The van der Waals surface area contributed by atoms with Gasteiger partial charge in [-0.15, -0.1) is 0 Å². The Hall–Kier alpha value is -2.37. The zero-order chi connectivity index (χ0) is 15.1. The SMILES string of the molecule is CCNc1nc(NCc2ccccc2C)nc(OCC)n1. The van der Waals surface area contributed by atoms with Crippen molar-refractivity contribution in [1.82, 2.24) is 15.0 Å². The van der Waals surface area contributed by atoms with Crippen molar-refractivity contribution in [2.24, 2.45) is 0 Å². The lowest BCUT2D eigenvalue weighted by Crippen LogP contribution is -2.11. The fraction of sp³-hybridized carbons (Fsp3) is 0.400. The lowest BCUT2D eigenvalue weighted by molar-refractivity contribution is 0.312. The second-order valence-electron chi connectivity index (χ2n) is 4.51. The van der Waals surface area contributed by atoms with Gasteiger partial charge in [-0.3, -0.25) is 0 Å². The molecule has 2 rings (SSSR count). The summed E-state index contributed by atoms with van der Waals surface area (Å²) in [6.45, 7) is 7.90. The highest BCUT2D eigenvalue weighted by Gasteiger charge is 2.07. The summed E-state index contributed by atoms with van der Waals surface area (Å²) in [6, 6.07) is 8.54. The van der Waals surface area contributed by atoms with Crippen molar-refractivity contribution in [3.05, 3.63) is 35.4 Å². The Balaban J connectivity index is 2.13. The fourth-order valence-corrected chi connectivity index (χ4v) is 1.85. The average molecular weight is 287 g/mol. The van der Waals surface area contributed by atoms with Crippen LogP contribution in [0.2, 0.25) is 0 Å². The predicted octanol–water partition coefficient (Wildman–Crippen LogP) is 2.62. The van der Waals surface area contributed by atoms with Gasteiger partial charge in [-0.25, -0.2) is 0 Å². The summed E-state index contributed by atoms with van der Waals surface area (Å²) in [7, 11) is 0. The summed E-state index contributed by atoms with van der Waals surface area (Å²) in [5.41, 5.74) is 2.44. The van der Waals surface area contributed by atoms with Crippen LogP contribution in [0.15, 0.2) is 24.3 Å². The quantitative estimate of drug-likeness (QED) is 0.815. The highest BCUT2D eigenvalue weighted by Crippen LogP contribution is 2.13. The van der Waals surface area contributed by atoms with Crippen LogP contribution in [0.3, 0.4) is 0 Å². The third-order valence-electron chi connectivity index (χ3n) is 2.92. The van der Waals surface area contributed by atoms with Crippen LogP contribution in [-0.2, 0) is 6.54 Å². The second-order valence-corrected chi connectivity index (χ2v) is 4.51. The van der Waals surface area contributed by atoms with E-state index >= 15 is 0 Å². The van der Waals surface area contributed by atoms with Crippen molar-refractivity contribution in [3.8, 4) is 6.01 Å². The normalized spacial score (nSPS) is 10.2. The molecule has 1 heterocycles. The minimum absolute atomic E-state index is 0.329. The third kappa shape index (κ3) is 4.30. The maximum Gasteiger partial charge on any atom is 0.323 e. The molecular formula is C15H21N5O. The van der Waals surface area contributed by atoms with Crippen molar-refractivity contribution in [2.75, 3.05) is 23.8 Å². The van der Waals surface area contributed by atoms with E-state index in [0.717, 1.165) is 6.54 Å². The van der Waals surface area contributed by atoms with E-state index in [9.17, 15) is 0 Å². The van der Waals surface area contributed by atoms with Crippen LogP contribution in [0.1, 0.15) is 25.0 Å². The first-order valence-corrected chi connectivity index (χ1v) is 7.14. The number of rotatable bonds is 7. The number of ether oxygens (including phenoxy) is 1. The Morgan fingerprint density at radius 1 is 1.00 bits per heavy atom. The van der Waals surface area contributed by atoms with Gasteiger partial charge < -0.3 is 15.4 Å². The Morgan fingerprint density at radius 2 is 1.71 bits per heavy atom. The molecule has 0 spiro atoms. The molecule has 0 atom stereocenters. The number of aryl methyl sites for hydroxylation is 1. The van der Waals surface area contributed by atoms with Crippen molar-refractivity contribution in [1.29, 1.82) is 0 Å². The maximum absolute atomic E-state index is 5.37. The van der Waals surface area contributed by atoms with Crippen LogP contribution in [0.4, 0.5) is 11.9 Å². The van der Waals surface area contributed by atoms with Crippen molar-refractivity contribution >= 4 is 11.9 Å². The van der Waals surface area contributed by atoms with E-state index in [0.29, 0.717) is 31.1 Å². The van der Waals surface area contributed by atoms with Gasteiger partial charge in [0.25, 0.3) is 0 Å². The van der Waals surface area contributed by atoms with Gasteiger partial charge in [-0.1, -0.05) is 24.3 Å². The molecule has 0 aliphatic heterocycles. The van der Waals surface area contributed by atoms with Crippen molar-refractivity contribution in [2.45, 2.75) is 27.3 Å². The molecule has 0 amide bonds. The maximum atomic E-state index is 5.37. The molecule has 2 N–H and O–H groups in total. The molecule has 0 radical (unpaired) electrons. The summed E-state index contributed by atoms with van der Waals surface area (Å²) in [4.78, 5) is 12.8. The average Bonchev–Trinajstić information content (AvgIpc) is 2.47. The number of aromatic nitrogens is 3. The molecule has 0 bridgehead atoms. The number of hydrogen-bond donors (Lipinski definition) is 2. The van der Waals surface area contributed by atoms with Gasteiger partial charge in [0.15, 0.2) is 0 Å². The predicted molar refractivity (Wildman–Crippen MR) is 83.7 cm³/mol. The molecule has 2 aromatic rings. The Kier molecular flexibility index (Phi) is 5.31. The van der Waals surface area contributed by atoms with Gasteiger partial charge in [-0.2, -0.15) is 15.0 Å². The first kappa shape index (κ1) is 15.0. The van der Waals surface area contributed by atoms with Crippen LogP contribution < -0.4 is 15.4 Å². The highest BCUT2D eigenvalue weighted by molar-refractivity contribution is 5.37. The topological polar surface area (TPSA) is 72.0 Å². The number of anilines is 2. The highest BCUT2D eigenvalue weighted by atomic mass is 16.5. The third-order valence-corrected chi connectivity index (χ3v) is 2.92. The molecule has 112 valence electrons. The Labute approximate surface area is 125 Å². The Bertz CT molecular complexity index is 564. The molecule has 6 heteroatoms. The van der Waals surface area contributed by atoms with Crippen molar-refractivity contribution < 1.29 is 4.74 Å². The molecule has 1 aromatic heterocycles. The van der Waals surface area contributed by atoms with Crippen LogP contribution in [0.25, 0.3) is 0 Å². The van der Waals surface area contributed by atoms with Crippen LogP contribution in [0.5, 0.6) is 6.01 Å². The smallest absolute Gasteiger partial charge is 0.323 e. The zero-order valence-electron chi connectivity index (χ0n) is 12.7. The van der Waals surface area contributed by atoms with Crippen LogP contribution in [-0.4, -0.2) is 28.1 Å². The standard InChI is InChI=1S/C15H21N5O/c1-4-16-13-18-14(20-15(19-13)21-5-2)17-10-12-9-7-6-8-11(12)3/h6-9H,4-5,10H2,1-3H3,(H2,16,17,18,19,20). The molecule has 0 aliphatic carbocycles. The lowest BCUT2D eigenvalue weighted by Gasteiger charge is -2.10. The molecule has 6 nitrogen and oxygen atoms in total. The lowest BCUT2D eigenvalue weighted by atomic mass is 10.1. The second kappa shape index (κ2) is 7.42. The van der Waals surface area contributed by atoms with E-state index in [1.54, 1.807) is 0 Å². The van der Waals surface area contributed by atoms with Gasteiger partial charge in [0.05, 0.1) is 6.61 Å². The summed E-state index contributed by atoms with van der Waals surface area (Å²) in [5, 5.41) is 6.29. The summed E-state index contributed by atoms with van der Waals surface area (Å²) >= 11 is 0. The van der Waals surface area contributed by atoms with Gasteiger partial charge in [0.2, 0.25) is 11.9 Å². The van der Waals surface area contributed by atoms with E-state index in [1.807, 2.05) is 26.0 Å². The number of nitrogens with one attached hydrogen (secondary N) is 2. The van der Waals surface area contributed by atoms with Crippen LogP contribution >= 0.6 is 0 Å². The van der Waals surface area contributed by atoms with E-state index in [2.05, 4.69) is 44.6 Å². The molecular weight excluding hydrogens is 266 g/mol. The van der Waals surface area contributed by atoms with E-state index in [1.165, 1.54) is 11.1 Å². The summed E-state index contributed by atoms with van der Waals surface area (Å²) in [5.74, 6) is 1.02. The van der Waals surface area contributed by atoms with Gasteiger partial charge in [-0.05, 0) is 31.9 Å². The van der Waals surface area contributed by atoms with Crippen LogP contribution in [0, 0.1) is 6.92 Å². The largest absolute Gasteiger partial charge is 0.464 e. The molecule has 0 saturated heterocycles. The zero-order valence-corrected chi connectivity index (χ0v) is 12.7. The fourth-order valence-electron chi connectivity index (χ4n) is 1.85. The molecule has 0 saturated carbocycles. The van der Waals surface area contributed by atoms with E-state index < -0.39 is 0 Å². The number of nitrogens with zero attached hydrogens (tertiary/aromatic N) is 3. The summed E-state index contributed by atoms with van der Waals surface area (Å²) < 4.78 is 5.37. The molecule has 0 unspecified atom stereocenters. The molecule has 0 fully saturated rings.